The Balaban J connectivity index is 1.72. The van der Waals surface area contributed by atoms with Gasteiger partial charge in [0.25, 0.3) is 0 Å². The third-order valence-electron chi connectivity index (χ3n) is 4.69. The van der Waals surface area contributed by atoms with Gasteiger partial charge in [0.05, 0.1) is 25.7 Å². The molecule has 2 aromatic rings. The van der Waals surface area contributed by atoms with Crippen LogP contribution in [0.3, 0.4) is 0 Å². The Hall–Kier alpha value is -2.15. The lowest BCUT2D eigenvalue weighted by atomic mass is 10.1. The highest BCUT2D eigenvalue weighted by molar-refractivity contribution is 7.99. The summed E-state index contributed by atoms with van der Waals surface area (Å²) in [5.41, 5.74) is 1.08. The Morgan fingerprint density at radius 2 is 1.58 bits per heavy atom. The summed E-state index contributed by atoms with van der Waals surface area (Å²) in [7, 11) is 1.61. The smallest absolute Gasteiger partial charge is 0.308 e. The van der Waals surface area contributed by atoms with Gasteiger partial charge in [-0.2, -0.15) is 0 Å². The Morgan fingerprint density at radius 3 is 2.23 bits per heavy atom. The minimum atomic E-state index is -0.475. The van der Waals surface area contributed by atoms with Gasteiger partial charge in [-0.3, -0.25) is 9.59 Å². The number of methoxy groups -OCH3 is 1. The van der Waals surface area contributed by atoms with Crippen LogP contribution < -0.4 is 0 Å². The second-order valence-corrected chi connectivity index (χ2v) is 8.53. The van der Waals surface area contributed by atoms with Crippen LogP contribution >= 0.6 is 11.8 Å². The number of ether oxygens (including phenoxy) is 3. The van der Waals surface area contributed by atoms with Crippen LogP contribution in [-0.2, 0) is 30.4 Å². The number of benzene rings is 2. The van der Waals surface area contributed by atoms with Crippen molar-refractivity contribution >= 4 is 23.5 Å². The van der Waals surface area contributed by atoms with Crippen molar-refractivity contribution in [2.45, 2.75) is 56.3 Å². The van der Waals surface area contributed by atoms with Gasteiger partial charge in [0.15, 0.2) is 0 Å². The van der Waals surface area contributed by atoms with Crippen molar-refractivity contribution in [1.29, 1.82) is 0 Å². The standard InChI is InChI=1S/C25H32O5S/c1-20(26)17-23(13-15-29-19-21-9-5-3-6-10-21)30-25(27)18-22(28-2)14-16-31-24-11-7-4-8-12-24/h3-12,22-23H,13-19H2,1-2H3. The fraction of sp³-hybridized carbons (Fsp3) is 0.440. The Morgan fingerprint density at radius 1 is 0.903 bits per heavy atom. The number of rotatable bonds is 15. The molecule has 0 saturated carbocycles. The van der Waals surface area contributed by atoms with E-state index in [2.05, 4.69) is 12.1 Å². The molecule has 0 saturated heterocycles. The molecular formula is C25H32O5S. The maximum atomic E-state index is 12.4. The number of Topliss-reactive ketones (excluding diaryl/α,β-unsaturated/α-hetero) is 1. The highest BCUT2D eigenvalue weighted by atomic mass is 32.2. The molecule has 31 heavy (non-hydrogen) atoms. The van der Waals surface area contributed by atoms with Gasteiger partial charge in [-0.05, 0) is 31.0 Å². The molecule has 0 radical (unpaired) electrons. The van der Waals surface area contributed by atoms with E-state index in [9.17, 15) is 9.59 Å². The maximum absolute atomic E-state index is 12.4. The van der Waals surface area contributed by atoms with Gasteiger partial charge < -0.3 is 14.2 Å². The van der Waals surface area contributed by atoms with Crippen LogP contribution in [0.5, 0.6) is 0 Å². The second kappa shape index (κ2) is 14.8. The van der Waals surface area contributed by atoms with Crippen LogP contribution in [0.15, 0.2) is 65.6 Å². The monoisotopic (exact) mass is 444 g/mol. The van der Waals surface area contributed by atoms with Gasteiger partial charge in [-0.1, -0.05) is 48.5 Å². The second-order valence-electron chi connectivity index (χ2n) is 7.36. The highest BCUT2D eigenvalue weighted by Crippen LogP contribution is 2.20. The molecule has 0 amide bonds. The molecule has 168 valence electrons. The minimum Gasteiger partial charge on any atom is -0.462 e. The first kappa shape index (κ1) is 25.1. The predicted molar refractivity (Wildman–Crippen MR) is 123 cm³/mol. The summed E-state index contributed by atoms with van der Waals surface area (Å²) in [4.78, 5) is 25.2. The first-order valence-electron chi connectivity index (χ1n) is 10.6. The molecule has 0 spiro atoms. The van der Waals surface area contributed by atoms with Crippen LogP contribution in [0.1, 0.15) is 38.2 Å². The molecule has 2 aromatic carbocycles. The lowest BCUT2D eigenvalue weighted by Gasteiger charge is -2.19. The van der Waals surface area contributed by atoms with E-state index in [0.29, 0.717) is 19.6 Å². The predicted octanol–water partition coefficient (Wildman–Crippen LogP) is 5.07. The first-order valence-corrected chi connectivity index (χ1v) is 11.6. The average molecular weight is 445 g/mol. The van der Waals surface area contributed by atoms with E-state index in [1.807, 2.05) is 48.5 Å². The van der Waals surface area contributed by atoms with Crippen molar-refractivity contribution < 1.29 is 23.8 Å². The van der Waals surface area contributed by atoms with Gasteiger partial charge >= 0.3 is 5.97 Å². The molecule has 0 bridgehead atoms. The minimum absolute atomic E-state index is 0.0107. The van der Waals surface area contributed by atoms with Gasteiger partial charge in [-0.25, -0.2) is 0 Å². The Labute approximate surface area is 189 Å². The van der Waals surface area contributed by atoms with E-state index in [1.165, 1.54) is 11.8 Å². The molecule has 0 heterocycles. The van der Waals surface area contributed by atoms with Crippen LogP contribution in [0.4, 0.5) is 0 Å². The topological polar surface area (TPSA) is 61.8 Å². The summed E-state index contributed by atoms with van der Waals surface area (Å²) in [5, 5.41) is 0. The zero-order chi connectivity index (χ0) is 22.3. The summed E-state index contributed by atoms with van der Waals surface area (Å²) in [6, 6.07) is 20.0. The molecule has 0 aromatic heterocycles. The molecule has 0 aliphatic rings. The zero-order valence-corrected chi connectivity index (χ0v) is 19.1. The van der Waals surface area contributed by atoms with Crippen molar-refractivity contribution in [1.82, 2.24) is 0 Å². The Kier molecular flexibility index (Phi) is 12.0. The molecule has 6 heteroatoms. The van der Waals surface area contributed by atoms with E-state index in [-0.39, 0.29) is 30.7 Å². The zero-order valence-electron chi connectivity index (χ0n) is 18.3. The molecule has 2 atom stereocenters. The van der Waals surface area contributed by atoms with E-state index in [1.54, 1.807) is 18.9 Å². The molecule has 2 unspecified atom stereocenters. The molecule has 0 fully saturated rings. The van der Waals surface area contributed by atoms with Gasteiger partial charge in [0, 0.05) is 30.6 Å². The van der Waals surface area contributed by atoms with Crippen LogP contribution in [-0.4, -0.2) is 43.4 Å². The summed E-state index contributed by atoms with van der Waals surface area (Å²) in [5.74, 6) is 0.495. The number of esters is 1. The highest BCUT2D eigenvalue weighted by Gasteiger charge is 2.20. The van der Waals surface area contributed by atoms with Gasteiger partial charge in [-0.15, -0.1) is 11.8 Å². The van der Waals surface area contributed by atoms with Crippen molar-refractivity contribution in [3.8, 4) is 0 Å². The van der Waals surface area contributed by atoms with E-state index >= 15 is 0 Å². The number of ketones is 1. The third-order valence-corrected chi connectivity index (χ3v) is 5.73. The lowest BCUT2D eigenvalue weighted by Crippen LogP contribution is -2.26. The van der Waals surface area contributed by atoms with E-state index in [0.717, 1.165) is 17.7 Å². The number of hydrogen-bond donors (Lipinski definition) is 0. The Bertz CT molecular complexity index is 766. The molecular weight excluding hydrogens is 412 g/mol. The number of carbonyl (C=O) groups is 2. The van der Waals surface area contributed by atoms with Crippen molar-refractivity contribution in [3.63, 3.8) is 0 Å². The van der Waals surface area contributed by atoms with Crippen molar-refractivity contribution in [2.24, 2.45) is 0 Å². The number of carbonyl (C=O) groups excluding carboxylic acids is 2. The molecule has 5 nitrogen and oxygen atoms in total. The molecule has 0 aliphatic heterocycles. The van der Waals surface area contributed by atoms with E-state index < -0.39 is 6.10 Å². The van der Waals surface area contributed by atoms with Crippen molar-refractivity contribution in [2.75, 3.05) is 19.5 Å². The van der Waals surface area contributed by atoms with Crippen LogP contribution in [0.2, 0.25) is 0 Å². The van der Waals surface area contributed by atoms with Crippen LogP contribution in [0, 0.1) is 0 Å². The fourth-order valence-electron chi connectivity index (χ4n) is 3.05. The normalized spacial score (nSPS) is 12.8. The summed E-state index contributed by atoms with van der Waals surface area (Å²) >= 11 is 1.73. The SMILES string of the molecule is COC(CCSc1ccccc1)CC(=O)OC(CCOCc1ccccc1)CC(C)=O. The van der Waals surface area contributed by atoms with Gasteiger partial charge in [0.1, 0.15) is 11.9 Å². The fourth-order valence-corrected chi connectivity index (χ4v) is 4.02. The van der Waals surface area contributed by atoms with Crippen LogP contribution in [0.25, 0.3) is 0 Å². The van der Waals surface area contributed by atoms with E-state index in [4.69, 9.17) is 14.2 Å². The summed E-state index contributed by atoms with van der Waals surface area (Å²) in [6.07, 6.45) is 0.906. The van der Waals surface area contributed by atoms with Crippen molar-refractivity contribution in [3.05, 3.63) is 66.2 Å². The molecule has 0 aliphatic carbocycles. The first-order chi connectivity index (χ1) is 15.1. The number of hydrogen-bond acceptors (Lipinski definition) is 6. The average Bonchev–Trinajstić information content (AvgIpc) is 2.77. The maximum Gasteiger partial charge on any atom is 0.308 e. The summed E-state index contributed by atoms with van der Waals surface area (Å²) in [6.45, 7) is 2.42. The molecule has 2 rings (SSSR count). The molecule has 0 N–H and O–H groups in total. The third kappa shape index (κ3) is 11.2. The largest absolute Gasteiger partial charge is 0.462 e. The quantitative estimate of drug-likeness (QED) is 0.217. The number of thioether (sulfide) groups is 1. The van der Waals surface area contributed by atoms with Gasteiger partial charge in [0.2, 0.25) is 0 Å². The lowest BCUT2D eigenvalue weighted by molar-refractivity contribution is -0.153. The summed E-state index contributed by atoms with van der Waals surface area (Å²) < 4.78 is 16.7.